The molecule has 0 amide bonds. The van der Waals surface area contributed by atoms with Gasteiger partial charge in [-0.3, -0.25) is 4.90 Å². The maximum atomic E-state index is 12.5. The van der Waals surface area contributed by atoms with Gasteiger partial charge in [-0.05, 0) is 13.8 Å². The average molecular weight is 276 g/mol. The summed E-state index contributed by atoms with van der Waals surface area (Å²) in [5.74, 6) is 0. The number of halogens is 3. The van der Waals surface area contributed by atoms with E-state index in [0.29, 0.717) is 19.5 Å². The first kappa shape index (κ1) is 14.3. The summed E-state index contributed by atoms with van der Waals surface area (Å²) in [5.41, 5.74) is 1.99. The van der Waals surface area contributed by atoms with Crippen LogP contribution in [0.5, 0.6) is 0 Å². The van der Waals surface area contributed by atoms with Crippen molar-refractivity contribution in [2.45, 2.75) is 45.1 Å². The summed E-state index contributed by atoms with van der Waals surface area (Å²) in [7, 11) is 0. The van der Waals surface area contributed by atoms with Crippen molar-refractivity contribution in [1.82, 2.24) is 20.2 Å². The third-order valence-electron chi connectivity index (χ3n) is 3.38. The molecular weight excluding hydrogens is 257 g/mol. The van der Waals surface area contributed by atoms with Crippen LogP contribution in [0.15, 0.2) is 6.33 Å². The van der Waals surface area contributed by atoms with E-state index in [-0.39, 0.29) is 12.1 Å². The lowest BCUT2D eigenvalue weighted by molar-refractivity contribution is -0.150. The van der Waals surface area contributed by atoms with Gasteiger partial charge in [0.2, 0.25) is 0 Å². The van der Waals surface area contributed by atoms with E-state index in [1.165, 1.54) is 4.90 Å². The summed E-state index contributed by atoms with van der Waals surface area (Å²) in [6.45, 7) is 3.72. The lowest BCUT2D eigenvalue weighted by atomic mass is 10.0. The smallest absolute Gasteiger partial charge is 0.347 e. The summed E-state index contributed by atoms with van der Waals surface area (Å²) >= 11 is 0. The largest absolute Gasteiger partial charge is 0.401 e. The van der Waals surface area contributed by atoms with E-state index in [2.05, 4.69) is 15.3 Å². The molecule has 4 nitrogen and oxygen atoms in total. The van der Waals surface area contributed by atoms with Crippen LogP contribution >= 0.6 is 0 Å². The van der Waals surface area contributed by atoms with Crippen LogP contribution in [0.2, 0.25) is 0 Å². The number of hydrogen-bond acceptors (Lipinski definition) is 3. The van der Waals surface area contributed by atoms with E-state index in [9.17, 15) is 13.2 Å². The summed E-state index contributed by atoms with van der Waals surface area (Å²) in [6.07, 6.45) is -1.86. The zero-order chi connectivity index (χ0) is 14.0. The molecule has 2 rings (SSSR count). The summed E-state index contributed by atoms with van der Waals surface area (Å²) in [5, 5.41) is 3.25. The first-order valence-electron chi connectivity index (χ1n) is 6.40. The zero-order valence-corrected chi connectivity index (χ0v) is 11.1. The van der Waals surface area contributed by atoms with Gasteiger partial charge in [-0.2, -0.15) is 13.2 Å². The van der Waals surface area contributed by atoms with Gasteiger partial charge in [0.05, 0.1) is 24.3 Å². The molecule has 0 aliphatic carbocycles. The molecule has 1 aliphatic rings. The van der Waals surface area contributed by atoms with Crippen molar-refractivity contribution in [3.05, 3.63) is 17.7 Å². The molecule has 2 N–H and O–H groups in total. The minimum Gasteiger partial charge on any atom is -0.347 e. The third-order valence-corrected chi connectivity index (χ3v) is 3.38. The minimum absolute atomic E-state index is 0.0144. The van der Waals surface area contributed by atoms with Crippen LogP contribution < -0.4 is 5.32 Å². The SMILES string of the molecule is CC(C)N(CC1Cc2nc[nH]c2CN1)CC(F)(F)F. The molecule has 1 aromatic rings. The predicted molar refractivity (Wildman–Crippen MR) is 65.7 cm³/mol. The fourth-order valence-electron chi connectivity index (χ4n) is 2.33. The molecule has 1 unspecified atom stereocenters. The maximum Gasteiger partial charge on any atom is 0.401 e. The Hall–Kier alpha value is -1.08. The fourth-order valence-corrected chi connectivity index (χ4v) is 2.33. The van der Waals surface area contributed by atoms with Crippen molar-refractivity contribution in [3.63, 3.8) is 0 Å². The van der Waals surface area contributed by atoms with Crippen LogP contribution in [0, 0.1) is 0 Å². The van der Waals surface area contributed by atoms with Crippen LogP contribution in [0.4, 0.5) is 13.2 Å². The number of H-pyrrole nitrogens is 1. The van der Waals surface area contributed by atoms with Gasteiger partial charge in [-0.15, -0.1) is 0 Å². The molecule has 0 fully saturated rings. The molecule has 1 aliphatic heterocycles. The Balaban J connectivity index is 1.95. The van der Waals surface area contributed by atoms with Crippen LogP contribution in [0.3, 0.4) is 0 Å². The number of fused-ring (bicyclic) bond motifs is 1. The standard InChI is InChI=1S/C12H19F3N4/c1-8(2)19(6-12(13,14)15)5-9-3-10-11(4-16-9)18-7-17-10/h7-9,16H,3-6H2,1-2H3,(H,17,18). The molecule has 0 radical (unpaired) electrons. The van der Waals surface area contributed by atoms with Crippen molar-refractivity contribution >= 4 is 0 Å². The molecule has 2 heterocycles. The van der Waals surface area contributed by atoms with Crippen molar-refractivity contribution in [2.24, 2.45) is 0 Å². The molecule has 0 aromatic carbocycles. The first-order valence-corrected chi connectivity index (χ1v) is 6.40. The van der Waals surface area contributed by atoms with E-state index >= 15 is 0 Å². The molecule has 1 aromatic heterocycles. The van der Waals surface area contributed by atoms with Crippen LogP contribution in [0.1, 0.15) is 25.2 Å². The fraction of sp³-hybridized carbons (Fsp3) is 0.750. The van der Waals surface area contributed by atoms with Crippen LogP contribution in [-0.2, 0) is 13.0 Å². The second kappa shape index (κ2) is 5.50. The number of hydrogen-bond donors (Lipinski definition) is 2. The quantitative estimate of drug-likeness (QED) is 0.879. The van der Waals surface area contributed by atoms with E-state index in [1.54, 1.807) is 20.2 Å². The lowest BCUT2D eigenvalue weighted by Gasteiger charge is -2.33. The second-order valence-corrected chi connectivity index (χ2v) is 5.25. The van der Waals surface area contributed by atoms with Gasteiger partial charge >= 0.3 is 6.18 Å². The molecule has 0 saturated heterocycles. The number of rotatable bonds is 4. The van der Waals surface area contributed by atoms with Gasteiger partial charge in [-0.25, -0.2) is 4.98 Å². The Morgan fingerprint density at radius 1 is 1.47 bits per heavy atom. The normalized spacial score (nSPS) is 20.1. The van der Waals surface area contributed by atoms with E-state index in [0.717, 1.165) is 11.4 Å². The van der Waals surface area contributed by atoms with Crippen molar-refractivity contribution in [3.8, 4) is 0 Å². The number of nitrogens with one attached hydrogen (secondary N) is 2. The summed E-state index contributed by atoms with van der Waals surface area (Å²) in [6, 6.07) is -0.121. The minimum atomic E-state index is -4.16. The Labute approximate surface area is 110 Å². The average Bonchev–Trinajstić information content (AvgIpc) is 2.73. The highest BCUT2D eigenvalue weighted by molar-refractivity contribution is 5.16. The highest BCUT2D eigenvalue weighted by Gasteiger charge is 2.33. The first-order chi connectivity index (χ1) is 8.85. The van der Waals surface area contributed by atoms with Gasteiger partial charge in [0.1, 0.15) is 0 Å². The van der Waals surface area contributed by atoms with E-state index in [4.69, 9.17) is 0 Å². The maximum absolute atomic E-state index is 12.5. The number of aromatic amines is 1. The van der Waals surface area contributed by atoms with Gasteiger partial charge < -0.3 is 10.3 Å². The molecule has 0 bridgehead atoms. The topological polar surface area (TPSA) is 44.0 Å². The van der Waals surface area contributed by atoms with Crippen LogP contribution in [-0.4, -0.2) is 46.2 Å². The van der Waals surface area contributed by atoms with Crippen LogP contribution in [0.25, 0.3) is 0 Å². The molecule has 7 heteroatoms. The molecular formula is C12H19F3N4. The zero-order valence-electron chi connectivity index (χ0n) is 11.1. The molecule has 108 valence electrons. The Kier molecular flexibility index (Phi) is 4.15. The lowest BCUT2D eigenvalue weighted by Crippen LogP contribution is -2.49. The number of nitrogens with zero attached hydrogens (tertiary/aromatic N) is 2. The van der Waals surface area contributed by atoms with Crippen molar-refractivity contribution < 1.29 is 13.2 Å². The van der Waals surface area contributed by atoms with Gasteiger partial charge in [0, 0.05) is 31.6 Å². The van der Waals surface area contributed by atoms with Gasteiger partial charge in [0.25, 0.3) is 0 Å². The highest BCUT2D eigenvalue weighted by atomic mass is 19.4. The number of alkyl halides is 3. The monoisotopic (exact) mass is 276 g/mol. The Morgan fingerprint density at radius 3 is 2.84 bits per heavy atom. The number of imidazole rings is 1. The van der Waals surface area contributed by atoms with E-state index in [1.807, 2.05) is 0 Å². The Morgan fingerprint density at radius 2 is 2.21 bits per heavy atom. The second-order valence-electron chi connectivity index (χ2n) is 5.25. The highest BCUT2D eigenvalue weighted by Crippen LogP contribution is 2.20. The third kappa shape index (κ3) is 3.94. The summed E-state index contributed by atoms with van der Waals surface area (Å²) < 4.78 is 37.6. The predicted octanol–water partition coefficient (Wildman–Crippen LogP) is 1.70. The molecule has 0 spiro atoms. The molecule has 0 saturated carbocycles. The molecule has 19 heavy (non-hydrogen) atoms. The van der Waals surface area contributed by atoms with Crippen molar-refractivity contribution in [2.75, 3.05) is 13.1 Å². The Bertz CT molecular complexity index is 413. The summed E-state index contributed by atoms with van der Waals surface area (Å²) in [4.78, 5) is 8.68. The number of aromatic nitrogens is 2. The van der Waals surface area contributed by atoms with Gasteiger partial charge in [-0.1, -0.05) is 0 Å². The van der Waals surface area contributed by atoms with Crippen molar-refractivity contribution in [1.29, 1.82) is 0 Å². The van der Waals surface area contributed by atoms with E-state index < -0.39 is 12.7 Å². The molecule has 1 atom stereocenters. The van der Waals surface area contributed by atoms with Gasteiger partial charge in [0.15, 0.2) is 0 Å².